The van der Waals surface area contributed by atoms with Crippen LogP contribution in [-0.2, 0) is 4.79 Å². The van der Waals surface area contributed by atoms with Crippen molar-refractivity contribution in [3.8, 4) is 11.6 Å². The summed E-state index contributed by atoms with van der Waals surface area (Å²) in [7, 11) is 0. The summed E-state index contributed by atoms with van der Waals surface area (Å²) in [4.78, 5) is 28.2. The summed E-state index contributed by atoms with van der Waals surface area (Å²) in [5, 5.41) is 5.82. The molecular formula is C20H18ClN3O4. The number of carbonyl (C=O) groups is 2. The van der Waals surface area contributed by atoms with Crippen molar-refractivity contribution in [1.29, 1.82) is 0 Å². The van der Waals surface area contributed by atoms with Gasteiger partial charge in [0.25, 0.3) is 5.91 Å². The van der Waals surface area contributed by atoms with Crippen molar-refractivity contribution in [3.63, 3.8) is 0 Å². The quantitative estimate of drug-likeness (QED) is 0.650. The van der Waals surface area contributed by atoms with Crippen LogP contribution in [0.15, 0.2) is 53.1 Å². The lowest BCUT2D eigenvalue weighted by atomic mass is 10.2. The van der Waals surface area contributed by atoms with E-state index in [1.807, 2.05) is 0 Å². The van der Waals surface area contributed by atoms with Gasteiger partial charge in [-0.15, -0.1) is 0 Å². The van der Waals surface area contributed by atoms with E-state index in [0.717, 1.165) is 0 Å². The Morgan fingerprint density at radius 1 is 1.14 bits per heavy atom. The van der Waals surface area contributed by atoms with Crippen LogP contribution in [-0.4, -0.2) is 23.3 Å². The zero-order valence-corrected chi connectivity index (χ0v) is 16.0. The molecular weight excluding hydrogens is 382 g/mol. The number of pyridine rings is 1. The fraction of sp³-hybridized carbons (Fsp3) is 0.150. The summed E-state index contributed by atoms with van der Waals surface area (Å²) >= 11 is 5.83. The lowest BCUT2D eigenvalue weighted by Gasteiger charge is -2.08. The number of halogens is 1. The highest BCUT2D eigenvalue weighted by atomic mass is 35.5. The lowest BCUT2D eigenvalue weighted by molar-refractivity contribution is -0.115. The number of nitrogens with one attached hydrogen (secondary N) is 2. The Hall–Kier alpha value is -3.32. The van der Waals surface area contributed by atoms with Crippen LogP contribution in [0.5, 0.6) is 11.6 Å². The summed E-state index contributed by atoms with van der Waals surface area (Å²) < 4.78 is 10.9. The molecule has 8 heteroatoms. The van der Waals surface area contributed by atoms with E-state index < -0.39 is 0 Å². The second kappa shape index (κ2) is 8.58. The number of ether oxygens (including phenoxy) is 1. The highest BCUT2D eigenvalue weighted by Crippen LogP contribution is 2.22. The second-order valence-electron chi connectivity index (χ2n) is 6.00. The van der Waals surface area contributed by atoms with Gasteiger partial charge in [-0.05, 0) is 50.2 Å². The molecule has 1 aromatic carbocycles. The van der Waals surface area contributed by atoms with Gasteiger partial charge in [-0.2, -0.15) is 0 Å². The molecule has 3 rings (SSSR count). The van der Waals surface area contributed by atoms with E-state index in [9.17, 15) is 9.59 Å². The normalized spacial score (nSPS) is 10.4. The number of hydrogen-bond acceptors (Lipinski definition) is 5. The molecule has 0 bridgehead atoms. The van der Waals surface area contributed by atoms with Crippen LogP contribution in [0.25, 0.3) is 0 Å². The average Bonchev–Trinajstić information content (AvgIpc) is 3.01. The molecule has 3 aromatic rings. The molecule has 0 saturated heterocycles. The van der Waals surface area contributed by atoms with Crippen LogP contribution in [0, 0.1) is 13.8 Å². The van der Waals surface area contributed by atoms with Crippen molar-refractivity contribution in [1.82, 2.24) is 10.3 Å². The van der Waals surface area contributed by atoms with Crippen LogP contribution in [0.1, 0.15) is 21.9 Å². The third-order valence-corrected chi connectivity index (χ3v) is 4.00. The maximum Gasteiger partial charge on any atom is 0.255 e. The van der Waals surface area contributed by atoms with Crippen molar-refractivity contribution in [2.24, 2.45) is 0 Å². The molecule has 2 aromatic heterocycles. The van der Waals surface area contributed by atoms with Crippen LogP contribution in [0.3, 0.4) is 0 Å². The van der Waals surface area contributed by atoms with E-state index >= 15 is 0 Å². The first-order chi connectivity index (χ1) is 13.4. The number of anilines is 1. The first-order valence-corrected chi connectivity index (χ1v) is 8.83. The first-order valence-electron chi connectivity index (χ1n) is 8.45. The van der Waals surface area contributed by atoms with E-state index in [4.69, 9.17) is 20.8 Å². The highest BCUT2D eigenvalue weighted by molar-refractivity contribution is 6.30. The molecule has 0 unspecified atom stereocenters. The molecule has 0 atom stereocenters. The third kappa shape index (κ3) is 5.11. The number of nitrogens with zero attached hydrogens (tertiary/aromatic N) is 1. The fourth-order valence-electron chi connectivity index (χ4n) is 2.46. The van der Waals surface area contributed by atoms with Gasteiger partial charge in [0.05, 0.1) is 24.0 Å². The molecule has 0 saturated carbocycles. The molecule has 28 heavy (non-hydrogen) atoms. The molecule has 0 spiro atoms. The Labute approximate surface area is 166 Å². The maximum atomic E-state index is 12.1. The van der Waals surface area contributed by atoms with Gasteiger partial charge in [-0.25, -0.2) is 4.98 Å². The molecule has 0 aliphatic carbocycles. The minimum atomic E-state index is -0.376. The van der Waals surface area contributed by atoms with Gasteiger partial charge in [-0.1, -0.05) is 11.6 Å². The largest absolute Gasteiger partial charge is 0.466 e. The smallest absolute Gasteiger partial charge is 0.255 e. The van der Waals surface area contributed by atoms with Crippen molar-refractivity contribution in [2.45, 2.75) is 13.8 Å². The van der Waals surface area contributed by atoms with Gasteiger partial charge in [0.2, 0.25) is 11.8 Å². The molecule has 144 valence electrons. The number of hydrogen-bond donors (Lipinski definition) is 2. The van der Waals surface area contributed by atoms with Crippen LogP contribution >= 0.6 is 11.6 Å². The van der Waals surface area contributed by atoms with E-state index in [1.165, 1.54) is 6.20 Å². The van der Waals surface area contributed by atoms with Gasteiger partial charge in [0.1, 0.15) is 17.3 Å². The summed E-state index contributed by atoms with van der Waals surface area (Å²) in [5.74, 6) is 1.38. The van der Waals surface area contributed by atoms with Crippen molar-refractivity contribution < 1.29 is 18.7 Å². The Bertz CT molecular complexity index is 982. The monoisotopic (exact) mass is 399 g/mol. The molecule has 2 heterocycles. The zero-order chi connectivity index (χ0) is 20.1. The second-order valence-corrected chi connectivity index (χ2v) is 6.44. The lowest BCUT2D eigenvalue weighted by Crippen LogP contribution is -2.33. The van der Waals surface area contributed by atoms with E-state index in [0.29, 0.717) is 39.4 Å². The van der Waals surface area contributed by atoms with E-state index in [1.54, 1.807) is 56.3 Å². The molecule has 2 amide bonds. The molecule has 7 nitrogen and oxygen atoms in total. The van der Waals surface area contributed by atoms with E-state index in [2.05, 4.69) is 15.6 Å². The number of furan rings is 1. The number of amides is 2. The molecule has 0 fully saturated rings. The number of aromatic nitrogens is 1. The number of benzene rings is 1. The minimum absolute atomic E-state index is 0.175. The van der Waals surface area contributed by atoms with Gasteiger partial charge >= 0.3 is 0 Å². The van der Waals surface area contributed by atoms with Gasteiger partial charge in [-0.3, -0.25) is 9.59 Å². The van der Waals surface area contributed by atoms with E-state index in [-0.39, 0.29) is 18.4 Å². The molecule has 2 N–H and O–H groups in total. The maximum absolute atomic E-state index is 12.1. The Morgan fingerprint density at radius 2 is 1.89 bits per heavy atom. The molecule has 0 aliphatic heterocycles. The van der Waals surface area contributed by atoms with Crippen molar-refractivity contribution in [3.05, 3.63) is 70.8 Å². The number of aryl methyl sites for hydroxylation is 2. The molecule has 0 aliphatic rings. The van der Waals surface area contributed by atoms with Crippen LogP contribution in [0.2, 0.25) is 5.02 Å². The zero-order valence-electron chi connectivity index (χ0n) is 15.3. The minimum Gasteiger partial charge on any atom is -0.466 e. The predicted molar refractivity (Wildman–Crippen MR) is 105 cm³/mol. The topological polar surface area (TPSA) is 93.5 Å². The van der Waals surface area contributed by atoms with Crippen LogP contribution in [0.4, 0.5) is 5.69 Å². The van der Waals surface area contributed by atoms with Crippen molar-refractivity contribution in [2.75, 3.05) is 11.9 Å². The summed E-state index contributed by atoms with van der Waals surface area (Å²) in [6.45, 7) is 3.27. The average molecular weight is 400 g/mol. The predicted octanol–water partition coefficient (Wildman–Crippen LogP) is 4.11. The Balaban J connectivity index is 1.50. The number of carbonyl (C=O) groups excluding carboxylic acids is 2. The Kier molecular flexibility index (Phi) is 5.96. The first kappa shape index (κ1) is 19.4. The van der Waals surface area contributed by atoms with Gasteiger partial charge < -0.3 is 19.8 Å². The SMILES string of the molecule is Cc1cc(C(=O)NCC(=O)Nc2ccc(Oc3ccc(Cl)cc3)nc2)c(C)o1. The summed E-state index contributed by atoms with van der Waals surface area (Å²) in [5.41, 5.74) is 0.897. The Morgan fingerprint density at radius 3 is 2.50 bits per heavy atom. The summed E-state index contributed by atoms with van der Waals surface area (Å²) in [6.07, 6.45) is 1.47. The van der Waals surface area contributed by atoms with Crippen LogP contribution < -0.4 is 15.4 Å². The fourth-order valence-corrected chi connectivity index (χ4v) is 2.58. The summed E-state index contributed by atoms with van der Waals surface area (Å²) in [6, 6.07) is 11.8. The van der Waals surface area contributed by atoms with Gasteiger partial charge in [0.15, 0.2) is 0 Å². The van der Waals surface area contributed by atoms with Gasteiger partial charge in [0, 0.05) is 11.1 Å². The van der Waals surface area contributed by atoms with Crippen molar-refractivity contribution >= 4 is 29.1 Å². The third-order valence-electron chi connectivity index (χ3n) is 3.75. The standard InChI is InChI=1S/C20H18ClN3O4/c1-12-9-17(13(2)27-12)20(26)23-11-18(25)24-15-5-8-19(22-10-15)28-16-6-3-14(21)4-7-16/h3-10H,11H2,1-2H3,(H,23,26)(H,24,25). The number of rotatable bonds is 6. The highest BCUT2D eigenvalue weighted by Gasteiger charge is 2.14. The molecule has 0 radical (unpaired) electrons.